The lowest BCUT2D eigenvalue weighted by Gasteiger charge is -2.41. The standard InChI is InChI=1S/C18H20N2O2S2/c1-10-9-18(2,3)20(4)13-8-14(22-5)11(6-12(10)13)7-15-16(21)19-17(23)24-15/h6-9H,1-5H3,(H,19,21,23)/b15-7-. The Kier molecular flexibility index (Phi) is 4.21. The maximum Gasteiger partial charge on any atom is 0.263 e. The Morgan fingerprint density at radius 1 is 1.38 bits per heavy atom. The summed E-state index contributed by atoms with van der Waals surface area (Å²) in [6.07, 6.45) is 4.09. The number of thioether (sulfide) groups is 1. The van der Waals surface area contributed by atoms with Gasteiger partial charge in [0, 0.05) is 29.9 Å². The lowest BCUT2D eigenvalue weighted by Crippen LogP contribution is -2.42. The summed E-state index contributed by atoms with van der Waals surface area (Å²) in [7, 11) is 3.73. The van der Waals surface area contributed by atoms with Gasteiger partial charge in [0.05, 0.1) is 17.6 Å². The van der Waals surface area contributed by atoms with Gasteiger partial charge in [-0.1, -0.05) is 30.1 Å². The average Bonchev–Trinajstić information content (AvgIpc) is 2.82. The number of methoxy groups -OCH3 is 1. The highest BCUT2D eigenvalue weighted by atomic mass is 32.2. The average molecular weight is 361 g/mol. The Bertz CT molecular complexity index is 809. The van der Waals surface area contributed by atoms with Crippen LogP contribution in [0.1, 0.15) is 31.9 Å². The Hall–Kier alpha value is -1.79. The first kappa shape index (κ1) is 17.0. The van der Waals surface area contributed by atoms with E-state index in [1.54, 1.807) is 7.11 Å². The van der Waals surface area contributed by atoms with E-state index >= 15 is 0 Å². The third-order valence-corrected chi connectivity index (χ3v) is 5.66. The van der Waals surface area contributed by atoms with Crippen LogP contribution in [0.3, 0.4) is 0 Å². The van der Waals surface area contributed by atoms with Crippen LogP contribution in [0.25, 0.3) is 11.6 Å². The highest BCUT2D eigenvalue weighted by Crippen LogP contribution is 2.42. The quantitative estimate of drug-likeness (QED) is 0.641. The molecule has 3 rings (SSSR count). The molecule has 24 heavy (non-hydrogen) atoms. The second-order valence-corrected chi connectivity index (χ2v) is 8.22. The van der Waals surface area contributed by atoms with Crippen molar-refractivity contribution in [3.8, 4) is 5.75 Å². The molecule has 2 heterocycles. The molecule has 0 atom stereocenters. The van der Waals surface area contributed by atoms with Gasteiger partial charge < -0.3 is 15.0 Å². The molecule has 1 saturated heterocycles. The minimum Gasteiger partial charge on any atom is -0.496 e. The van der Waals surface area contributed by atoms with Gasteiger partial charge in [0.1, 0.15) is 10.1 Å². The molecule has 1 aromatic carbocycles. The number of hydrogen-bond acceptors (Lipinski definition) is 5. The van der Waals surface area contributed by atoms with E-state index in [4.69, 9.17) is 17.0 Å². The summed E-state index contributed by atoms with van der Waals surface area (Å²) in [5, 5.41) is 2.64. The topological polar surface area (TPSA) is 41.6 Å². The van der Waals surface area contributed by atoms with Crippen LogP contribution in [-0.4, -0.2) is 29.9 Å². The van der Waals surface area contributed by atoms with Gasteiger partial charge in [-0.3, -0.25) is 4.79 Å². The Balaban J connectivity index is 2.14. The third kappa shape index (κ3) is 2.84. The van der Waals surface area contributed by atoms with Crippen LogP contribution < -0.4 is 15.0 Å². The normalized spacial score (nSPS) is 20.8. The van der Waals surface area contributed by atoms with E-state index < -0.39 is 0 Å². The van der Waals surface area contributed by atoms with E-state index in [2.05, 4.69) is 50.2 Å². The number of rotatable bonds is 2. The first-order valence-corrected chi connectivity index (χ1v) is 8.86. The summed E-state index contributed by atoms with van der Waals surface area (Å²) in [5.41, 5.74) is 4.30. The molecule has 126 valence electrons. The number of nitrogens with zero attached hydrogens (tertiary/aromatic N) is 1. The zero-order chi connectivity index (χ0) is 17.6. The number of thiocarbonyl (C=S) groups is 1. The number of amides is 1. The number of carbonyl (C=O) groups is 1. The van der Waals surface area contributed by atoms with E-state index in [1.807, 2.05) is 12.1 Å². The van der Waals surface area contributed by atoms with Crippen LogP contribution in [0, 0.1) is 0 Å². The number of carbonyl (C=O) groups excluding carboxylic acids is 1. The Morgan fingerprint density at radius 2 is 2.08 bits per heavy atom. The molecule has 4 nitrogen and oxygen atoms in total. The summed E-state index contributed by atoms with van der Waals surface area (Å²) in [4.78, 5) is 14.8. The molecule has 1 N–H and O–H groups in total. The van der Waals surface area contributed by atoms with Crippen molar-refractivity contribution in [1.29, 1.82) is 0 Å². The van der Waals surface area contributed by atoms with E-state index in [-0.39, 0.29) is 11.4 Å². The van der Waals surface area contributed by atoms with Crippen molar-refractivity contribution >= 4 is 51.5 Å². The fourth-order valence-electron chi connectivity index (χ4n) is 3.05. The van der Waals surface area contributed by atoms with Crippen LogP contribution in [-0.2, 0) is 4.79 Å². The zero-order valence-corrected chi connectivity index (χ0v) is 16.0. The molecular formula is C18H20N2O2S2. The summed E-state index contributed by atoms with van der Waals surface area (Å²) >= 11 is 6.33. The van der Waals surface area contributed by atoms with Crippen molar-refractivity contribution in [1.82, 2.24) is 5.32 Å². The molecule has 0 spiro atoms. The van der Waals surface area contributed by atoms with Crippen molar-refractivity contribution < 1.29 is 9.53 Å². The van der Waals surface area contributed by atoms with Crippen LogP contribution in [0.5, 0.6) is 5.75 Å². The smallest absolute Gasteiger partial charge is 0.263 e. The molecule has 0 aliphatic carbocycles. The SMILES string of the molecule is COc1cc2c(cc1/C=C1\SC(=S)NC1=O)C(C)=CC(C)(C)N2C. The Morgan fingerprint density at radius 3 is 2.67 bits per heavy atom. The van der Waals surface area contributed by atoms with Gasteiger partial charge in [0.2, 0.25) is 0 Å². The second kappa shape index (κ2) is 5.93. The van der Waals surface area contributed by atoms with Gasteiger partial charge in [-0.15, -0.1) is 0 Å². The van der Waals surface area contributed by atoms with Gasteiger partial charge >= 0.3 is 0 Å². The molecule has 6 heteroatoms. The van der Waals surface area contributed by atoms with Crippen molar-refractivity contribution in [3.63, 3.8) is 0 Å². The summed E-state index contributed by atoms with van der Waals surface area (Å²) < 4.78 is 6.06. The molecule has 1 aromatic rings. The van der Waals surface area contributed by atoms with E-state index in [9.17, 15) is 4.79 Å². The number of allylic oxidation sites excluding steroid dienone is 1. The first-order chi connectivity index (χ1) is 11.2. The summed E-state index contributed by atoms with van der Waals surface area (Å²) in [6, 6.07) is 4.11. The second-order valence-electron chi connectivity index (χ2n) is 6.50. The van der Waals surface area contributed by atoms with Crippen LogP contribution in [0.2, 0.25) is 0 Å². The maximum atomic E-state index is 11.9. The monoisotopic (exact) mass is 360 g/mol. The molecular weight excluding hydrogens is 340 g/mol. The fourth-order valence-corrected chi connectivity index (χ4v) is 4.08. The molecule has 0 radical (unpaired) electrons. The molecule has 0 unspecified atom stereocenters. The van der Waals surface area contributed by atoms with Gasteiger partial charge in [-0.05, 0) is 38.5 Å². The van der Waals surface area contributed by atoms with Gasteiger partial charge in [0.25, 0.3) is 5.91 Å². The maximum absolute atomic E-state index is 11.9. The molecule has 0 saturated carbocycles. The number of fused-ring (bicyclic) bond motifs is 1. The summed E-state index contributed by atoms with van der Waals surface area (Å²) in [5.74, 6) is 0.583. The van der Waals surface area contributed by atoms with Gasteiger partial charge in [0.15, 0.2) is 0 Å². The zero-order valence-electron chi connectivity index (χ0n) is 14.4. The lowest BCUT2D eigenvalue weighted by molar-refractivity contribution is -0.115. The number of hydrogen-bond donors (Lipinski definition) is 1. The van der Waals surface area contributed by atoms with E-state index in [0.29, 0.717) is 9.23 Å². The van der Waals surface area contributed by atoms with Crippen LogP contribution >= 0.6 is 24.0 Å². The number of anilines is 1. The van der Waals surface area contributed by atoms with Crippen molar-refractivity contribution in [3.05, 3.63) is 34.2 Å². The van der Waals surface area contributed by atoms with Gasteiger partial charge in [-0.25, -0.2) is 0 Å². The number of ether oxygens (including phenoxy) is 1. The minimum absolute atomic E-state index is 0.0601. The predicted molar refractivity (Wildman–Crippen MR) is 105 cm³/mol. The van der Waals surface area contributed by atoms with Crippen LogP contribution in [0.4, 0.5) is 5.69 Å². The summed E-state index contributed by atoms with van der Waals surface area (Å²) in [6.45, 7) is 6.48. The van der Waals surface area contributed by atoms with Crippen LogP contribution in [0.15, 0.2) is 23.1 Å². The molecule has 2 aliphatic rings. The fraction of sp³-hybridized carbons (Fsp3) is 0.333. The number of benzene rings is 1. The van der Waals surface area contributed by atoms with Crippen molar-refractivity contribution in [2.75, 3.05) is 19.1 Å². The Labute approximate surface area is 151 Å². The van der Waals surface area contributed by atoms with E-state index in [0.717, 1.165) is 22.6 Å². The van der Waals surface area contributed by atoms with E-state index in [1.165, 1.54) is 17.3 Å². The van der Waals surface area contributed by atoms with Gasteiger partial charge in [-0.2, -0.15) is 0 Å². The molecule has 1 amide bonds. The largest absolute Gasteiger partial charge is 0.496 e. The highest BCUT2D eigenvalue weighted by molar-refractivity contribution is 8.26. The third-order valence-electron chi connectivity index (χ3n) is 4.50. The van der Waals surface area contributed by atoms with Crippen molar-refractivity contribution in [2.45, 2.75) is 26.3 Å². The first-order valence-electron chi connectivity index (χ1n) is 7.63. The predicted octanol–water partition coefficient (Wildman–Crippen LogP) is 3.82. The lowest BCUT2D eigenvalue weighted by atomic mass is 9.88. The molecule has 0 aromatic heterocycles. The highest BCUT2D eigenvalue weighted by Gasteiger charge is 2.30. The molecule has 1 fully saturated rings. The molecule has 0 bridgehead atoms. The number of nitrogens with one attached hydrogen (secondary N) is 1. The minimum atomic E-state index is -0.157. The number of likely N-dealkylation sites (N-methyl/N-ethyl adjacent to an activating group) is 1. The van der Waals surface area contributed by atoms with Crippen molar-refractivity contribution in [2.24, 2.45) is 0 Å². The molecule has 2 aliphatic heterocycles.